The van der Waals surface area contributed by atoms with Crippen LogP contribution >= 0.6 is 11.3 Å². The number of ether oxygens (including phenoxy) is 1. The molecule has 11 heteroatoms. The fourth-order valence-corrected chi connectivity index (χ4v) is 6.48. The van der Waals surface area contributed by atoms with Crippen molar-refractivity contribution in [1.82, 2.24) is 14.4 Å². The van der Waals surface area contributed by atoms with E-state index in [1.807, 2.05) is 19.1 Å². The number of amides is 1. The molecule has 1 aliphatic rings. The largest absolute Gasteiger partial charge is 0.495 e. The highest BCUT2D eigenvalue weighted by Gasteiger charge is 2.34. The molecule has 1 atom stereocenters. The highest BCUT2D eigenvalue weighted by Crippen LogP contribution is 2.32. The van der Waals surface area contributed by atoms with Gasteiger partial charge in [-0.3, -0.25) is 4.79 Å². The van der Waals surface area contributed by atoms with Crippen LogP contribution in [0, 0.1) is 19.8 Å². The highest BCUT2D eigenvalue weighted by molar-refractivity contribution is 7.91. The first kappa shape index (κ1) is 22.4. The number of carbonyl (C=O) groups is 1. The van der Waals surface area contributed by atoms with Gasteiger partial charge in [0.2, 0.25) is 17.6 Å². The van der Waals surface area contributed by atoms with Crippen molar-refractivity contribution < 1.29 is 22.5 Å². The normalized spacial score (nSPS) is 17.3. The van der Waals surface area contributed by atoms with E-state index in [0.717, 1.165) is 16.9 Å². The number of carbonyl (C=O) groups excluding carboxylic acids is 1. The van der Waals surface area contributed by atoms with Gasteiger partial charge in [0.1, 0.15) is 9.96 Å². The number of benzene rings is 1. The van der Waals surface area contributed by atoms with E-state index in [4.69, 9.17) is 9.26 Å². The standard InChI is InChI=1S/C21H24N4O5S2/c1-13-6-7-18(29-3)17(9-13)23-21(26)15-5-4-8-25(11-15)32(27,28)19-10-16(12-31-19)20-22-14(2)30-24-20/h6-7,9-10,12,15H,4-5,8,11H2,1-3H3,(H,23,26)/t15-/m0/s1. The predicted octanol–water partition coefficient (Wildman–Crippen LogP) is 3.46. The third kappa shape index (κ3) is 4.54. The molecule has 0 saturated carbocycles. The number of hydrogen-bond donors (Lipinski definition) is 1. The number of aryl methyl sites for hydroxylation is 2. The number of anilines is 1. The zero-order valence-electron chi connectivity index (χ0n) is 18.0. The van der Waals surface area contributed by atoms with E-state index < -0.39 is 15.9 Å². The van der Waals surface area contributed by atoms with E-state index in [1.165, 1.54) is 4.31 Å². The Balaban J connectivity index is 1.49. The van der Waals surface area contributed by atoms with Crippen molar-refractivity contribution in [3.05, 3.63) is 41.1 Å². The van der Waals surface area contributed by atoms with E-state index in [2.05, 4.69) is 15.5 Å². The maximum Gasteiger partial charge on any atom is 0.252 e. The molecule has 9 nitrogen and oxygen atoms in total. The smallest absolute Gasteiger partial charge is 0.252 e. The van der Waals surface area contributed by atoms with Gasteiger partial charge in [0, 0.05) is 31.0 Å². The van der Waals surface area contributed by atoms with Crippen LogP contribution in [0.4, 0.5) is 5.69 Å². The van der Waals surface area contributed by atoms with Crippen LogP contribution in [-0.2, 0) is 14.8 Å². The fraction of sp³-hybridized carbons (Fsp3) is 0.381. The van der Waals surface area contributed by atoms with Gasteiger partial charge in [0.05, 0.1) is 18.7 Å². The number of nitrogens with zero attached hydrogens (tertiary/aromatic N) is 3. The van der Waals surface area contributed by atoms with Crippen LogP contribution in [0.1, 0.15) is 24.3 Å². The number of aromatic nitrogens is 2. The van der Waals surface area contributed by atoms with E-state index in [9.17, 15) is 13.2 Å². The van der Waals surface area contributed by atoms with Crippen molar-refractivity contribution >= 4 is 33.0 Å². The van der Waals surface area contributed by atoms with Crippen LogP contribution in [0.15, 0.2) is 38.4 Å². The summed E-state index contributed by atoms with van der Waals surface area (Å²) in [5, 5.41) is 8.43. The summed E-state index contributed by atoms with van der Waals surface area (Å²) in [6, 6.07) is 7.07. The van der Waals surface area contributed by atoms with E-state index >= 15 is 0 Å². The number of nitrogens with one attached hydrogen (secondary N) is 1. The van der Waals surface area contributed by atoms with Crippen molar-refractivity contribution in [3.8, 4) is 17.1 Å². The number of methoxy groups -OCH3 is 1. The molecule has 0 bridgehead atoms. The summed E-state index contributed by atoms with van der Waals surface area (Å²) in [5.41, 5.74) is 2.15. The Morgan fingerprint density at radius 1 is 1.31 bits per heavy atom. The Kier molecular flexibility index (Phi) is 6.31. The second-order valence-electron chi connectivity index (χ2n) is 7.69. The molecule has 1 fully saturated rings. The highest BCUT2D eigenvalue weighted by atomic mass is 32.2. The molecule has 3 heterocycles. The van der Waals surface area contributed by atoms with Gasteiger partial charge < -0.3 is 14.6 Å². The van der Waals surface area contributed by atoms with Gasteiger partial charge in [0.15, 0.2) is 0 Å². The van der Waals surface area contributed by atoms with Gasteiger partial charge in [-0.05, 0) is 43.5 Å². The van der Waals surface area contributed by atoms with E-state index in [0.29, 0.717) is 48.1 Å². The summed E-state index contributed by atoms with van der Waals surface area (Å²) < 4.78 is 38.3. The molecule has 1 saturated heterocycles. The van der Waals surface area contributed by atoms with Gasteiger partial charge in [-0.25, -0.2) is 8.42 Å². The number of piperidine rings is 1. The molecule has 0 aliphatic carbocycles. The van der Waals surface area contributed by atoms with Crippen LogP contribution in [0.2, 0.25) is 0 Å². The van der Waals surface area contributed by atoms with Crippen molar-refractivity contribution in [3.63, 3.8) is 0 Å². The van der Waals surface area contributed by atoms with Gasteiger partial charge >= 0.3 is 0 Å². The number of sulfonamides is 1. The summed E-state index contributed by atoms with van der Waals surface area (Å²) in [6.07, 6.45) is 1.22. The zero-order chi connectivity index (χ0) is 22.9. The molecule has 1 aliphatic heterocycles. The van der Waals surface area contributed by atoms with Crippen LogP contribution in [-0.4, -0.2) is 49.0 Å². The van der Waals surface area contributed by atoms with Crippen LogP contribution in [0.5, 0.6) is 5.75 Å². The summed E-state index contributed by atoms with van der Waals surface area (Å²) in [4.78, 5) is 17.1. The molecule has 170 valence electrons. The second-order valence-corrected chi connectivity index (χ2v) is 10.8. The first-order valence-corrected chi connectivity index (χ1v) is 12.4. The zero-order valence-corrected chi connectivity index (χ0v) is 19.6. The molecule has 4 rings (SSSR count). The predicted molar refractivity (Wildman–Crippen MR) is 120 cm³/mol. The lowest BCUT2D eigenvalue weighted by atomic mass is 9.98. The van der Waals surface area contributed by atoms with Crippen LogP contribution in [0.3, 0.4) is 0 Å². The summed E-state index contributed by atoms with van der Waals surface area (Å²) in [7, 11) is -2.20. The Labute approximate surface area is 190 Å². The molecular formula is C21H24N4O5S2. The monoisotopic (exact) mass is 476 g/mol. The molecule has 1 amide bonds. The average Bonchev–Trinajstić information content (AvgIpc) is 3.43. The summed E-state index contributed by atoms with van der Waals surface area (Å²) in [5.74, 6) is 0.645. The maximum absolute atomic E-state index is 13.2. The molecule has 0 spiro atoms. The summed E-state index contributed by atoms with van der Waals surface area (Å²) >= 11 is 1.10. The van der Waals surface area contributed by atoms with Crippen LogP contribution < -0.4 is 10.1 Å². The molecule has 0 unspecified atom stereocenters. The van der Waals surface area contributed by atoms with Crippen molar-refractivity contribution in [2.75, 3.05) is 25.5 Å². The molecule has 2 aromatic heterocycles. The van der Waals surface area contributed by atoms with Crippen molar-refractivity contribution in [2.24, 2.45) is 5.92 Å². The number of thiophene rings is 1. The summed E-state index contributed by atoms with van der Waals surface area (Å²) in [6.45, 7) is 4.09. The first-order chi connectivity index (χ1) is 15.3. The SMILES string of the molecule is COc1ccc(C)cc1NC(=O)[C@H]1CCCN(S(=O)(=O)c2cc(-c3noc(C)n3)cs2)C1. The quantitative estimate of drug-likeness (QED) is 0.579. The Bertz CT molecular complexity index is 1230. The molecular weight excluding hydrogens is 452 g/mol. The molecule has 32 heavy (non-hydrogen) atoms. The lowest BCUT2D eigenvalue weighted by Gasteiger charge is -2.31. The van der Waals surface area contributed by atoms with Crippen molar-refractivity contribution in [2.45, 2.75) is 30.9 Å². The molecule has 1 N–H and O–H groups in total. The minimum atomic E-state index is -3.74. The number of rotatable bonds is 6. The van der Waals surface area contributed by atoms with Gasteiger partial charge in [-0.2, -0.15) is 9.29 Å². The third-order valence-electron chi connectivity index (χ3n) is 5.32. The third-order valence-corrected chi connectivity index (χ3v) is 8.60. The van der Waals surface area contributed by atoms with Gasteiger partial charge in [-0.1, -0.05) is 11.2 Å². The lowest BCUT2D eigenvalue weighted by molar-refractivity contribution is -0.120. The molecule has 0 radical (unpaired) electrons. The maximum atomic E-state index is 13.2. The minimum Gasteiger partial charge on any atom is -0.495 e. The molecule has 1 aromatic carbocycles. The Morgan fingerprint density at radius 2 is 2.12 bits per heavy atom. The molecule has 3 aromatic rings. The second kappa shape index (κ2) is 9.00. The Morgan fingerprint density at radius 3 is 2.84 bits per heavy atom. The minimum absolute atomic E-state index is 0.122. The Hall–Kier alpha value is -2.76. The van der Waals surface area contributed by atoms with E-state index in [1.54, 1.807) is 31.5 Å². The van der Waals surface area contributed by atoms with Gasteiger partial charge in [-0.15, -0.1) is 11.3 Å². The van der Waals surface area contributed by atoms with Crippen LogP contribution in [0.25, 0.3) is 11.4 Å². The van der Waals surface area contributed by atoms with Gasteiger partial charge in [0.25, 0.3) is 10.0 Å². The fourth-order valence-electron chi connectivity index (χ4n) is 3.64. The number of hydrogen-bond acceptors (Lipinski definition) is 8. The average molecular weight is 477 g/mol. The van der Waals surface area contributed by atoms with E-state index in [-0.39, 0.29) is 16.7 Å². The lowest BCUT2D eigenvalue weighted by Crippen LogP contribution is -2.43. The van der Waals surface area contributed by atoms with Crippen molar-refractivity contribution in [1.29, 1.82) is 0 Å². The first-order valence-electron chi connectivity index (χ1n) is 10.1. The topological polar surface area (TPSA) is 115 Å².